The molecule has 2 heterocycles. The van der Waals surface area contributed by atoms with Crippen molar-refractivity contribution >= 4 is 22.2 Å². The van der Waals surface area contributed by atoms with Crippen molar-refractivity contribution in [2.75, 3.05) is 5.32 Å². The molecule has 1 amide bonds. The first-order valence-electron chi connectivity index (χ1n) is 5.40. The van der Waals surface area contributed by atoms with Crippen LogP contribution >= 0.6 is 11.3 Å². The molecule has 0 aliphatic carbocycles. The summed E-state index contributed by atoms with van der Waals surface area (Å²) in [4.78, 5) is 13.0. The maximum absolute atomic E-state index is 12.0. The van der Waals surface area contributed by atoms with E-state index in [4.69, 9.17) is 9.68 Å². The van der Waals surface area contributed by atoms with Crippen LogP contribution in [-0.2, 0) is 0 Å². The summed E-state index contributed by atoms with van der Waals surface area (Å²) in [5.41, 5.74) is 1.94. The molecule has 2 aromatic rings. The molecule has 0 spiro atoms. The van der Waals surface area contributed by atoms with Crippen molar-refractivity contribution in [3.63, 3.8) is 0 Å². The molecule has 4 nitrogen and oxygen atoms in total. The Bertz CT molecular complexity index is 646. The normalized spacial score (nSPS) is 10.1. The van der Waals surface area contributed by atoms with Gasteiger partial charge in [-0.15, -0.1) is 11.3 Å². The van der Waals surface area contributed by atoms with Crippen LogP contribution < -0.4 is 5.32 Å². The third kappa shape index (κ3) is 2.03. The van der Waals surface area contributed by atoms with E-state index in [0.717, 1.165) is 10.4 Å². The summed E-state index contributed by atoms with van der Waals surface area (Å²) in [6, 6.07) is 3.74. The number of rotatable bonds is 2. The first-order valence-corrected chi connectivity index (χ1v) is 6.21. The molecule has 0 fully saturated rings. The van der Waals surface area contributed by atoms with Crippen molar-refractivity contribution in [3.8, 4) is 6.07 Å². The Balaban J connectivity index is 2.31. The van der Waals surface area contributed by atoms with Crippen LogP contribution in [0.1, 0.15) is 32.1 Å². The number of aryl methyl sites for hydroxylation is 2. The average molecular weight is 260 g/mol. The number of nitriles is 1. The maximum atomic E-state index is 12.0. The molecule has 2 rings (SSSR count). The molecule has 1 N–H and O–H groups in total. The first-order chi connectivity index (χ1) is 8.54. The topological polar surface area (TPSA) is 66.0 Å². The molecule has 0 aromatic carbocycles. The van der Waals surface area contributed by atoms with E-state index in [1.54, 1.807) is 13.0 Å². The summed E-state index contributed by atoms with van der Waals surface area (Å²) < 4.78 is 5.09. The fraction of sp³-hybridized carbons (Fsp3) is 0.231. The lowest BCUT2D eigenvalue weighted by Gasteiger charge is -2.01. The van der Waals surface area contributed by atoms with E-state index in [1.165, 1.54) is 17.6 Å². The third-order valence-electron chi connectivity index (χ3n) is 2.83. The predicted molar refractivity (Wildman–Crippen MR) is 69.9 cm³/mol. The van der Waals surface area contributed by atoms with E-state index in [0.29, 0.717) is 21.9 Å². The fourth-order valence-electron chi connectivity index (χ4n) is 1.64. The van der Waals surface area contributed by atoms with Crippen molar-refractivity contribution < 1.29 is 9.21 Å². The van der Waals surface area contributed by atoms with E-state index in [-0.39, 0.29) is 5.91 Å². The van der Waals surface area contributed by atoms with Crippen LogP contribution in [-0.4, -0.2) is 5.91 Å². The third-order valence-corrected chi connectivity index (χ3v) is 3.95. The Kier molecular flexibility index (Phi) is 3.21. The Morgan fingerprint density at radius 2 is 2.17 bits per heavy atom. The summed E-state index contributed by atoms with van der Waals surface area (Å²) in [5, 5.41) is 12.5. The predicted octanol–water partition coefficient (Wildman–Crippen LogP) is 3.39. The second-order valence-electron chi connectivity index (χ2n) is 3.94. The monoisotopic (exact) mass is 260 g/mol. The van der Waals surface area contributed by atoms with Crippen molar-refractivity contribution in [1.82, 2.24) is 0 Å². The second-order valence-corrected chi connectivity index (χ2v) is 5.17. The van der Waals surface area contributed by atoms with Gasteiger partial charge < -0.3 is 9.73 Å². The van der Waals surface area contributed by atoms with Crippen molar-refractivity contribution in [2.24, 2.45) is 0 Å². The highest BCUT2D eigenvalue weighted by Crippen LogP contribution is 2.32. The number of nitrogens with zero attached hydrogens (tertiary/aromatic N) is 1. The number of carbonyl (C=O) groups is 1. The summed E-state index contributed by atoms with van der Waals surface area (Å²) in [6.07, 6.45) is 1.47. The molecule has 0 saturated carbocycles. The summed E-state index contributed by atoms with van der Waals surface area (Å²) in [6.45, 7) is 5.54. The lowest BCUT2D eigenvalue weighted by molar-refractivity contribution is 0.102. The average Bonchev–Trinajstić information content (AvgIpc) is 2.85. The van der Waals surface area contributed by atoms with Gasteiger partial charge in [-0.3, -0.25) is 4.79 Å². The molecular formula is C13H12N2O2S. The van der Waals surface area contributed by atoms with Gasteiger partial charge in [0.1, 0.15) is 16.8 Å². The molecule has 0 radical (unpaired) electrons. The molecule has 2 aromatic heterocycles. The van der Waals surface area contributed by atoms with Gasteiger partial charge in [-0.05, 0) is 32.4 Å². The summed E-state index contributed by atoms with van der Waals surface area (Å²) in [7, 11) is 0. The number of anilines is 1. The van der Waals surface area contributed by atoms with E-state index in [9.17, 15) is 4.79 Å². The highest BCUT2D eigenvalue weighted by molar-refractivity contribution is 7.16. The van der Waals surface area contributed by atoms with Gasteiger partial charge in [-0.2, -0.15) is 5.26 Å². The van der Waals surface area contributed by atoms with Crippen molar-refractivity contribution in [3.05, 3.63) is 39.7 Å². The highest BCUT2D eigenvalue weighted by atomic mass is 32.1. The molecule has 0 bridgehead atoms. The quantitative estimate of drug-likeness (QED) is 0.900. The maximum Gasteiger partial charge on any atom is 0.259 e. The molecule has 0 atom stereocenters. The lowest BCUT2D eigenvalue weighted by Crippen LogP contribution is -2.11. The standard InChI is InChI=1S/C13H12N2O2S/c1-7-9(3)18-13(11(7)6-14)15-12(16)10-4-5-17-8(10)2/h4-5H,1-3H3,(H,15,16). The molecule has 0 aliphatic rings. The van der Waals surface area contributed by atoms with Gasteiger partial charge in [0.05, 0.1) is 17.4 Å². The number of amides is 1. The second kappa shape index (κ2) is 4.67. The molecule has 18 heavy (non-hydrogen) atoms. The van der Waals surface area contributed by atoms with E-state index in [2.05, 4.69) is 11.4 Å². The first kappa shape index (κ1) is 12.4. The van der Waals surface area contributed by atoms with Crippen LogP contribution in [0.25, 0.3) is 0 Å². The Morgan fingerprint density at radius 1 is 1.44 bits per heavy atom. The van der Waals surface area contributed by atoms with Crippen LogP contribution in [0.15, 0.2) is 16.7 Å². The molecular weight excluding hydrogens is 248 g/mol. The largest absolute Gasteiger partial charge is 0.469 e. The van der Waals surface area contributed by atoms with Crippen LogP contribution in [0.2, 0.25) is 0 Å². The fourth-order valence-corrected chi connectivity index (χ4v) is 2.65. The van der Waals surface area contributed by atoms with Gasteiger partial charge in [0.15, 0.2) is 0 Å². The zero-order chi connectivity index (χ0) is 13.3. The number of hydrogen-bond acceptors (Lipinski definition) is 4. The number of carbonyl (C=O) groups excluding carboxylic acids is 1. The van der Waals surface area contributed by atoms with E-state index >= 15 is 0 Å². The number of hydrogen-bond donors (Lipinski definition) is 1. The van der Waals surface area contributed by atoms with Gasteiger partial charge in [0.25, 0.3) is 5.91 Å². The van der Waals surface area contributed by atoms with E-state index < -0.39 is 0 Å². The van der Waals surface area contributed by atoms with E-state index in [1.807, 2.05) is 13.8 Å². The number of nitrogens with one attached hydrogen (secondary N) is 1. The van der Waals surface area contributed by atoms with Gasteiger partial charge in [-0.1, -0.05) is 0 Å². The summed E-state index contributed by atoms with van der Waals surface area (Å²) in [5.74, 6) is 0.315. The van der Waals surface area contributed by atoms with Gasteiger partial charge in [-0.25, -0.2) is 0 Å². The highest BCUT2D eigenvalue weighted by Gasteiger charge is 2.17. The number of thiophene rings is 1. The minimum atomic E-state index is -0.251. The molecule has 0 unspecified atom stereocenters. The van der Waals surface area contributed by atoms with Crippen molar-refractivity contribution in [1.29, 1.82) is 5.26 Å². The van der Waals surface area contributed by atoms with Gasteiger partial charge >= 0.3 is 0 Å². The Hall–Kier alpha value is -2.06. The van der Waals surface area contributed by atoms with Crippen LogP contribution in [0.3, 0.4) is 0 Å². The zero-order valence-corrected chi connectivity index (χ0v) is 11.1. The molecule has 0 saturated heterocycles. The van der Waals surface area contributed by atoms with Crippen LogP contribution in [0, 0.1) is 32.1 Å². The lowest BCUT2D eigenvalue weighted by atomic mass is 10.2. The molecule has 0 aliphatic heterocycles. The minimum Gasteiger partial charge on any atom is -0.469 e. The molecule has 92 valence electrons. The Morgan fingerprint density at radius 3 is 2.72 bits per heavy atom. The van der Waals surface area contributed by atoms with Crippen molar-refractivity contribution in [2.45, 2.75) is 20.8 Å². The summed E-state index contributed by atoms with van der Waals surface area (Å²) >= 11 is 1.41. The van der Waals surface area contributed by atoms with Gasteiger partial charge in [0, 0.05) is 4.88 Å². The Labute approximate surface area is 109 Å². The zero-order valence-electron chi connectivity index (χ0n) is 10.3. The van der Waals surface area contributed by atoms with Gasteiger partial charge in [0.2, 0.25) is 0 Å². The number of furan rings is 1. The molecule has 5 heteroatoms. The SMILES string of the molecule is Cc1occc1C(=O)Nc1sc(C)c(C)c1C#N. The smallest absolute Gasteiger partial charge is 0.259 e. The van der Waals surface area contributed by atoms with Crippen LogP contribution in [0.4, 0.5) is 5.00 Å². The van der Waals surface area contributed by atoms with Crippen LogP contribution in [0.5, 0.6) is 0 Å². The minimum absolute atomic E-state index is 0.251.